The van der Waals surface area contributed by atoms with Gasteiger partial charge in [0.05, 0.1) is 16.8 Å². The minimum absolute atomic E-state index is 0.0784. The number of nitrogens with zero attached hydrogens (tertiary/aromatic N) is 2. The molecule has 0 saturated heterocycles. The van der Waals surface area contributed by atoms with Gasteiger partial charge in [0.25, 0.3) is 5.91 Å². The van der Waals surface area contributed by atoms with E-state index in [-0.39, 0.29) is 5.91 Å². The first-order valence-corrected chi connectivity index (χ1v) is 9.30. The number of carbonyl (C=O) groups excluding carboxylic acids is 1. The average Bonchev–Trinajstić information content (AvgIpc) is 3.21. The number of amides is 1. The zero-order valence-corrected chi connectivity index (χ0v) is 14.9. The number of fused-ring (bicyclic) bond motifs is 1. The standard InChI is InChI=1S/C21H17N3OS/c25-21(23-11-9-16-6-4-12-26-16)18-13-20(15-5-3-10-22-14-15)24-19-8-2-1-7-17(18)19/h1-8,10,12-14H,9,11H2,(H,23,25). The Morgan fingerprint density at radius 1 is 1.08 bits per heavy atom. The summed E-state index contributed by atoms with van der Waals surface area (Å²) in [5.74, 6) is -0.0784. The summed E-state index contributed by atoms with van der Waals surface area (Å²) < 4.78 is 0. The number of carbonyl (C=O) groups is 1. The van der Waals surface area contributed by atoms with Crippen molar-refractivity contribution in [2.24, 2.45) is 0 Å². The third kappa shape index (κ3) is 3.48. The maximum atomic E-state index is 12.8. The molecule has 0 aliphatic rings. The molecule has 3 aromatic heterocycles. The number of nitrogens with one attached hydrogen (secondary N) is 1. The highest BCUT2D eigenvalue weighted by Crippen LogP contribution is 2.24. The molecule has 0 unspecified atom stereocenters. The number of hydrogen-bond acceptors (Lipinski definition) is 4. The Kier molecular flexibility index (Phi) is 4.71. The molecule has 0 atom stereocenters. The second-order valence-corrected chi connectivity index (χ2v) is 6.93. The molecule has 1 amide bonds. The molecule has 128 valence electrons. The molecule has 1 N–H and O–H groups in total. The molecular formula is C21H17N3OS. The molecular weight excluding hydrogens is 342 g/mol. The van der Waals surface area contributed by atoms with Crippen molar-refractivity contribution in [3.63, 3.8) is 0 Å². The normalized spacial score (nSPS) is 10.8. The van der Waals surface area contributed by atoms with E-state index in [4.69, 9.17) is 4.98 Å². The van der Waals surface area contributed by atoms with Crippen molar-refractivity contribution >= 4 is 28.1 Å². The van der Waals surface area contributed by atoms with Crippen molar-refractivity contribution in [1.29, 1.82) is 0 Å². The molecule has 0 aliphatic carbocycles. The largest absolute Gasteiger partial charge is 0.352 e. The fourth-order valence-corrected chi connectivity index (χ4v) is 3.58. The van der Waals surface area contributed by atoms with Gasteiger partial charge in [-0.2, -0.15) is 0 Å². The van der Waals surface area contributed by atoms with Crippen LogP contribution in [0.3, 0.4) is 0 Å². The molecule has 4 aromatic rings. The van der Waals surface area contributed by atoms with Crippen LogP contribution in [0.1, 0.15) is 15.2 Å². The van der Waals surface area contributed by atoms with Gasteiger partial charge in [0.15, 0.2) is 0 Å². The van der Waals surface area contributed by atoms with Crippen LogP contribution in [0.25, 0.3) is 22.2 Å². The van der Waals surface area contributed by atoms with Gasteiger partial charge in [-0.05, 0) is 42.1 Å². The van der Waals surface area contributed by atoms with Crippen LogP contribution in [-0.2, 0) is 6.42 Å². The molecule has 0 radical (unpaired) electrons. The number of hydrogen-bond donors (Lipinski definition) is 1. The monoisotopic (exact) mass is 359 g/mol. The van der Waals surface area contributed by atoms with E-state index < -0.39 is 0 Å². The van der Waals surface area contributed by atoms with Crippen molar-refractivity contribution < 1.29 is 4.79 Å². The summed E-state index contributed by atoms with van der Waals surface area (Å²) in [6.07, 6.45) is 4.32. The fourth-order valence-electron chi connectivity index (χ4n) is 2.87. The number of pyridine rings is 2. The van der Waals surface area contributed by atoms with E-state index >= 15 is 0 Å². The number of aromatic nitrogens is 2. The molecule has 0 bridgehead atoms. The lowest BCUT2D eigenvalue weighted by atomic mass is 10.0. The fraction of sp³-hybridized carbons (Fsp3) is 0.0952. The van der Waals surface area contributed by atoms with Crippen LogP contribution in [0.5, 0.6) is 0 Å². The summed E-state index contributed by atoms with van der Waals surface area (Å²) in [7, 11) is 0. The lowest BCUT2D eigenvalue weighted by Crippen LogP contribution is -2.25. The Morgan fingerprint density at radius 2 is 2.00 bits per heavy atom. The Bertz CT molecular complexity index is 1030. The molecule has 1 aromatic carbocycles. The van der Waals surface area contributed by atoms with Crippen LogP contribution in [0.15, 0.2) is 72.4 Å². The van der Waals surface area contributed by atoms with Crippen molar-refractivity contribution in [3.8, 4) is 11.3 Å². The van der Waals surface area contributed by atoms with E-state index in [9.17, 15) is 4.79 Å². The van der Waals surface area contributed by atoms with Gasteiger partial charge < -0.3 is 5.32 Å². The van der Waals surface area contributed by atoms with E-state index in [0.717, 1.165) is 28.6 Å². The zero-order chi connectivity index (χ0) is 17.8. The van der Waals surface area contributed by atoms with Crippen LogP contribution < -0.4 is 5.32 Å². The molecule has 4 rings (SSSR count). The Hall–Kier alpha value is -3.05. The number of thiophene rings is 1. The van der Waals surface area contributed by atoms with Crippen molar-refractivity contribution in [2.75, 3.05) is 6.54 Å². The topological polar surface area (TPSA) is 54.9 Å². The Balaban J connectivity index is 1.65. The maximum absolute atomic E-state index is 12.8. The molecule has 3 heterocycles. The highest BCUT2D eigenvalue weighted by molar-refractivity contribution is 7.09. The van der Waals surface area contributed by atoms with Gasteiger partial charge in [-0.25, -0.2) is 4.98 Å². The van der Waals surface area contributed by atoms with Gasteiger partial charge in [0.1, 0.15) is 0 Å². The molecule has 26 heavy (non-hydrogen) atoms. The Morgan fingerprint density at radius 3 is 2.81 bits per heavy atom. The predicted molar refractivity (Wildman–Crippen MR) is 105 cm³/mol. The van der Waals surface area contributed by atoms with E-state index in [2.05, 4.69) is 16.4 Å². The molecule has 0 spiro atoms. The van der Waals surface area contributed by atoms with E-state index in [0.29, 0.717) is 12.1 Å². The van der Waals surface area contributed by atoms with E-state index in [1.807, 2.05) is 53.9 Å². The lowest BCUT2D eigenvalue weighted by molar-refractivity contribution is 0.0956. The van der Waals surface area contributed by atoms with Gasteiger partial charge in [-0.15, -0.1) is 11.3 Å². The molecule has 4 nitrogen and oxygen atoms in total. The van der Waals surface area contributed by atoms with Crippen LogP contribution in [0, 0.1) is 0 Å². The third-order valence-electron chi connectivity index (χ3n) is 4.16. The Labute approximate surface area is 155 Å². The summed E-state index contributed by atoms with van der Waals surface area (Å²) in [6.45, 7) is 0.609. The van der Waals surface area contributed by atoms with Crippen LogP contribution >= 0.6 is 11.3 Å². The van der Waals surface area contributed by atoms with Crippen LogP contribution in [-0.4, -0.2) is 22.4 Å². The summed E-state index contributed by atoms with van der Waals surface area (Å²) in [5, 5.41) is 5.94. The highest BCUT2D eigenvalue weighted by Gasteiger charge is 2.13. The van der Waals surface area contributed by atoms with Gasteiger partial charge in [-0.3, -0.25) is 9.78 Å². The number of rotatable bonds is 5. The summed E-state index contributed by atoms with van der Waals surface area (Å²) >= 11 is 1.70. The first-order chi connectivity index (χ1) is 12.8. The van der Waals surface area contributed by atoms with Gasteiger partial charge >= 0.3 is 0 Å². The van der Waals surface area contributed by atoms with E-state index in [1.54, 1.807) is 23.7 Å². The quantitative estimate of drug-likeness (QED) is 0.577. The van der Waals surface area contributed by atoms with Crippen LogP contribution in [0.2, 0.25) is 0 Å². The predicted octanol–water partition coefficient (Wildman–Crippen LogP) is 4.33. The first kappa shape index (κ1) is 16.4. The van der Waals surface area contributed by atoms with Gasteiger partial charge in [0.2, 0.25) is 0 Å². The summed E-state index contributed by atoms with van der Waals surface area (Å²) in [4.78, 5) is 22.9. The third-order valence-corrected chi connectivity index (χ3v) is 5.09. The molecule has 0 fully saturated rings. The highest BCUT2D eigenvalue weighted by atomic mass is 32.1. The summed E-state index contributed by atoms with van der Waals surface area (Å²) in [6, 6.07) is 17.5. The smallest absolute Gasteiger partial charge is 0.252 e. The van der Waals surface area contributed by atoms with Crippen molar-refractivity contribution in [2.45, 2.75) is 6.42 Å². The van der Waals surface area contributed by atoms with E-state index in [1.165, 1.54) is 4.88 Å². The lowest BCUT2D eigenvalue weighted by Gasteiger charge is -2.10. The van der Waals surface area contributed by atoms with Crippen molar-refractivity contribution in [1.82, 2.24) is 15.3 Å². The molecule has 5 heteroatoms. The second-order valence-electron chi connectivity index (χ2n) is 5.90. The summed E-state index contributed by atoms with van der Waals surface area (Å²) in [5.41, 5.74) is 3.09. The first-order valence-electron chi connectivity index (χ1n) is 8.42. The minimum Gasteiger partial charge on any atom is -0.352 e. The number of benzene rings is 1. The SMILES string of the molecule is O=C(NCCc1cccs1)c1cc(-c2cccnc2)nc2ccccc12. The minimum atomic E-state index is -0.0784. The average molecular weight is 359 g/mol. The molecule has 0 saturated carbocycles. The number of para-hydroxylation sites is 1. The van der Waals surface area contributed by atoms with Gasteiger partial charge in [-0.1, -0.05) is 24.3 Å². The van der Waals surface area contributed by atoms with Gasteiger partial charge in [0, 0.05) is 34.8 Å². The second kappa shape index (κ2) is 7.45. The van der Waals surface area contributed by atoms with Crippen molar-refractivity contribution in [3.05, 3.63) is 82.8 Å². The zero-order valence-electron chi connectivity index (χ0n) is 14.1. The molecule has 0 aliphatic heterocycles. The van der Waals surface area contributed by atoms with Crippen LogP contribution in [0.4, 0.5) is 0 Å². The maximum Gasteiger partial charge on any atom is 0.252 e.